The van der Waals surface area contributed by atoms with Gasteiger partial charge in [0.15, 0.2) is 5.76 Å². The first-order chi connectivity index (χ1) is 17.6. The van der Waals surface area contributed by atoms with Gasteiger partial charge in [0.2, 0.25) is 5.91 Å². The van der Waals surface area contributed by atoms with Gasteiger partial charge in [-0.15, -0.1) is 0 Å². The van der Waals surface area contributed by atoms with Crippen molar-refractivity contribution in [2.75, 3.05) is 75.8 Å². The molecule has 0 radical (unpaired) electrons. The first kappa shape index (κ1) is 24.2. The number of anilines is 2. The van der Waals surface area contributed by atoms with E-state index in [0.29, 0.717) is 58.2 Å². The molecule has 0 bridgehead atoms. The monoisotopic (exact) mass is 495 g/mol. The van der Waals surface area contributed by atoms with Crippen molar-refractivity contribution in [2.24, 2.45) is 5.92 Å². The quantitative estimate of drug-likeness (QED) is 0.699. The molecule has 3 saturated heterocycles. The number of urea groups is 1. The highest BCUT2D eigenvalue weighted by Crippen LogP contribution is 2.26. The van der Waals surface area contributed by atoms with E-state index in [1.54, 1.807) is 21.9 Å². The summed E-state index contributed by atoms with van der Waals surface area (Å²) in [7, 11) is 0. The van der Waals surface area contributed by atoms with Crippen molar-refractivity contribution in [3.63, 3.8) is 0 Å². The minimum atomic E-state index is -0.171. The number of benzene rings is 1. The third kappa shape index (κ3) is 5.48. The number of amides is 4. The Morgan fingerprint density at radius 1 is 0.778 bits per heavy atom. The number of carbonyl (C=O) groups excluding carboxylic acids is 3. The highest BCUT2D eigenvalue weighted by Gasteiger charge is 2.30. The lowest BCUT2D eigenvalue weighted by Crippen LogP contribution is -2.51. The molecule has 36 heavy (non-hydrogen) atoms. The van der Waals surface area contributed by atoms with Crippen molar-refractivity contribution in [1.29, 1.82) is 0 Å². The van der Waals surface area contributed by atoms with Crippen LogP contribution in [-0.4, -0.2) is 98.1 Å². The normalized spacial score (nSPS) is 19.3. The maximum absolute atomic E-state index is 12.8. The van der Waals surface area contributed by atoms with Crippen molar-refractivity contribution in [2.45, 2.75) is 12.8 Å². The molecule has 3 fully saturated rings. The molecular formula is C26H33N5O5. The van der Waals surface area contributed by atoms with Crippen LogP contribution in [0.2, 0.25) is 0 Å². The third-order valence-electron chi connectivity index (χ3n) is 7.24. The van der Waals surface area contributed by atoms with Gasteiger partial charge in [-0.25, -0.2) is 4.79 Å². The Morgan fingerprint density at radius 3 is 2.08 bits per heavy atom. The molecule has 2 aromatic rings. The summed E-state index contributed by atoms with van der Waals surface area (Å²) in [5, 5.41) is 2.96. The molecule has 0 spiro atoms. The topological polar surface area (TPSA) is 98.6 Å². The zero-order chi connectivity index (χ0) is 24.9. The Morgan fingerprint density at radius 2 is 1.44 bits per heavy atom. The molecule has 0 aliphatic carbocycles. The molecule has 5 rings (SSSR count). The van der Waals surface area contributed by atoms with Crippen LogP contribution in [0.1, 0.15) is 23.4 Å². The van der Waals surface area contributed by atoms with Gasteiger partial charge in [-0.1, -0.05) is 0 Å². The van der Waals surface area contributed by atoms with Gasteiger partial charge in [0.1, 0.15) is 0 Å². The smallest absolute Gasteiger partial charge is 0.321 e. The van der Waals surface area contributed by atoms with E-state index in [1.807, 2.05) is 29.2 Å². The van der Waals surface area contributed by atoms with Gasteiger partial charge < -0.3 is 34.1 Å². The van der Waals surface area contributed by atoms with E-state index in [9.17, 15) is 14.4 Å². The second-order valence-electron chi connectivity index (χ2n) is 9.43. The van der Waals surface area contributed by atoms with Crippen molar-refractivity contribution in [3.05, 3.63) is 48.4 Å². The summed E-state index contributed by atoms with van der Waals surface area (Å²) in [5.41, 5.74) is 1.82. The van der Waals surface area contributed by atoms with E-state index in [0.717, 1.165) is 37.3 Å². The zero-order valence-electron chi connectivity index (χ0n) is 20.4. The van der Waals surface area contributed by atoms with Gasteiger partial charge >= 0.3 is 6.03 Å². The fourth-order valence-electron chi connectivity index (χ4n) is 5.05. The highest BCUT2D eigenvalue weighted by atomic mass is 16.5. The minimum absolute atomic E-state index is 0.0905. The molecule has 3 aliphatic heterocycles. The molecule has 4 amide bonds. The molecule has 10 nitrogen and oxygen atoms in total. The lowest BCUT2D eigenvalue weighted by molar-refractivity contribution is -0.140. The Kier molecular flexibility index (Phi) is 7.41. The van der Waals surface area contributed by atoms with Gasteiger partial charge in [-0.05, 0) is 49.2 Å². The third-order valence-corrected chi connectivity index (χ3v) is 7.24. The molecule has 4 heterocycles. The molecule has 3 aliphatic rings. The number of piperazine rings is 1. The number of hydrogen-bond donors (Lipinski definition) is 1. The Balaban J connectivity index is 1.07. The summed E-state index contributed by atoms with van der Waals surface area (Å²) in [5.74, 6) is 0.529. The van der Waals surface area contributed by atoms with Crippen LogP contribution in [0.5, 0.6) is 0 Å². The second-order valence-corrected chi connectivity index (χ2v) is 9.43. The Bertz CT molecular complexity index is 1040. The van der Waals surface area contributed by atoms with Crippen LogP contribution in [0.25, 0.3) is 0 Å². The van der Waals surface area contributed by atoms with Crippen LogP contribution >= 0.6 is 0 Å². The first-order valence-electron chi connectivity index (χ1n) is 12.7. The Labute approximate surface area is 210 Å². The second kappa shape index (κ2) is 11.0. The Hall–Kier alpha value is -3.53. The molecule has 0 saturated carbocycles. The summed E-state index contributed by atoms with van der Waals surface area (Å²) >= 11 is 0. The predicted molar refractivity (Wildman–Crippen MR) is 134 cm³/mol. The molecule has 192 valence electrons. The van der Waals surface area contributed by atoms with Crippen LogP contribution in [0, 0.1) is 5.92 Å². The van der Waals surface area contributed by atoms with Gasteiger partial charge in [0.05, 0.1) is 19.5 Å². The highest BCUT2D eigenvalue weighted by molar-refractivity contribution is 5.92. The lowest BCUT2D eigenvalue weighted by atomic mass is 9.94. The van der Waals surface area contributed by atoms with Crippen molar-refractivity contribution >= 4 is 29.2 Å². The van der Waals surface area contributed by atoms with Crippen LogP contribution < -0.4 is 10.2 Å². The average molecular weight is 496 g/mol. The number of nitrogens with one attached hydrogen (secondary N) is 1. The number of carbonyl (C=O) groups is 3. The molecule has 0 atom stereocenters. The van der Waals surface area contributed by atoms with Crippen molar-refractivity contribution in [3.8, 4) is 0 Å². The molecule has 10 heteroatoms. The lowest BCUT2D eigenvalue weighted by Gasteiger charge is -2.36. The standard InChI is InChI=1S/C26H33N5O5/c32-24(30-15-18-35-19-16-30)20-7-9-28(10-8-20)22-5-3-21(4-6-22)27-26(34)31-13-11-29(12-14-31)25(33)23-2-1-17-36-23/h1-6,17,20H,7-16,18-19H2,(H,27,34). The van der Waals surface area contributed by atoms with Crippen molar-refractivity contribution < 1.29 is 23.5 Å². The summed E-state index contributed by atoms with van der Waals surface area (Å²) in [6, 6.07) is 11.0. The largest absolute Gasteiger partial charge is 0.459 e. The van der Waals surface area contributed by atoms with E-state index in [2.05, 4.69) is 10.2 Å². The predicted octanol–water partition coefficient (Wildman–Crippen LogP) is 2.34. The SMILES string of the molecule is O=C(Nc1ccc(N2CCC(C(=O)N3CCOCC3)CC2)cc1)N1CCN(C(=O)c2ccco2)CC1. The van der Waals surface area contributed by atoms with E-state index >= 15 is 0 Å². The van der Waals surface area contributed by atoms with Crippen LogP contribution in [-0.2, 0) is 9.53 Å². The minimum Gasteiger partial charge on any atom is -0.459 e. The number of nitrogens with zero attached hydrogens (tertiary/aromatic N) is 4. The van der Waals surface area contributed by atoms with Gasteiger partial charge in [0, 0.05) is 69.7 Å². The van der Waals surface area contributed by atoms with Gasteiger partial charge in [-0.3, -0.25) is 9.59 Å². The molecule has 1 N–H and O–H groups in total. The molecule has 1 aromatic heterocycles. The number of piperidine rings is 1. The average Bonchev–Trinajstić information content (AvgIpc) is 3.49. The van der Waals surface area contributed by atoms with E-state index in [4.69, 9.17) is 9.15 Å². The number of hydrogen-bond acceptors (Lipinski definition) is 6. The number of morpholine rings is 1. The van der Waals surface area contributed by atoms with E-state index < -0.39 is 0 Å². The maximum atomic E-state index is 12.8. The summed E-state index contributed by atoms with van der Waals surface area (Å²) in [4.78, 5) is 45.6. The summed E-state index contributed by atoms with van der Waals surface area (Å²) in [6.45, 7) is 6.22. The number of furan rings is 1. The molecule has 0 unspecified atom stereocenters. The van der Waals surface area contributed by atoms with E-state index in [-0.39, 0.29) is 23.8 Å². The summed E-state index contributed by atoms with van der Waals surface area (Å²) in [6.07, 6.45) is 3.18. The maximum Gasteiger partial charge on any atom is 0.321 e. The van der Waals surface area contributed by atoms with E-state index in [1.165, 1.54) is 6.26 Å². The number of rotatable bonds is 4. The number of ether oxygens (including phenoxy) is 1. The van der Waals surface area contributed by atoms with Gasteiger partial charge in [0.25, 0.3) is 5.91 Å². The van der Waals surface area contributed by atoms with Crippen LogP contribution in [0.4, 0.5) is 16.2 Å². The molecular weight excluding hydrogens is 462 g/mol. The van der Waals surface area contributed by atoms with Gasteiger partial charge in [-0.2, -0.15) is 0 Å². The zero-order valence-corrected chi connectivity index (χ0v) is 20.4. The van der Waals surface area contributed by atoms with Crippen LogP contribution in [0.3, 0.4) is 0 Å². The van der Waals surface area contributed by atoms with Crippen molar-refractivity contribution in [1.82, 2.24) is 14.7 Å². The summed E-state index contributed by atoms with van der Waals surface area (Å²) < 4.78 is 10.5. The first-order valence-corrected chi connectivity index (χ1v) is 12.7. The molecule has 1 aromatic carbocycles. The fourth-order valence-corrected chi connectivity index (χ4v) is 5.05. The van der Waals surface area contributed by atoms with Crippen LogP contribution in [0.15, 0.2) is 47.1 Å². The fraction of sp³-hybridized carbons (Fsp3) is 0.500.